The maximum absolute atomic E-state index is 12.8. The molecular weight excluding hydrogens is 328 g/mol. The van der Waals surface area contributed by atoms with Crippen LogP contribution in [-0.4, -0.2) is 39.1 Å². The summed E-state index contributed by atoms with van der Waals surface area (Å²) < 4.78 is 1.61. The highest BCUT2D eigenvalue weighted by Gasteiger charge is 2.32. The monoisotopic (exact) mass is 346 g/mol. The molecule has 1 saturated heterocycles. The number of benzene rings is 1. The number of likely N-dealkylation sites (tertiary alicyclic amines) is 1. The second-order valence-corrected chi connectivity index (χ2v) is 6.55. The molecule has 2 heterocycles. The molecule has 1 aliphatic heterocycles. The van der Waals surface area contributed by atoms with E-state index in [0.717, 1.165) is 18.5 Å². The fourth-order valence-electron chi connectivity index (χ4n) is 2.97. The van der Waals surface area contributed by atoms with Gasteiger partial charge in [0, 0.05) is 23.8 Å². The highest BCUT2D eigenvalue weighted by Crippen LogP contribution is 2.23. The van der Waals surface area contributed by atoms with Gasteiger partial charge in [-0.3, -0.25) is 9.59 Å². The molecule has 0 unspecified atom stereocenters. The summed E-state index contributed by atoms with van der Waals surface area (Å²) >= 11 is 5.99. The third-order valence-electron chi connectivity index (χ3n) is 4.43. The number of halogens is 1. The van der Waals surface area contributed by atoms with Crippen molar-refractivity contribution in [1.29, 1.82) is 0 Å². The second kappa shape index (κ2) is 6.65. The van der Waals surface area contributed by atoms with Crippen LogP contribution in [0.25, 0.3) is 5.69 Å². The Labute approximate surface area is 145 Å². The van der Waals surface area contributed by atoms with Crippen LogP contribution in [0.5, 0.6) is 0 Å². The minimum absolute atomic E-state index is 0.0596. The van der Waals surface area contributed by atoms with Crippen LogP contribution in [0.3, 0.4) is 0 Å². The number of nitrogens with two attached hydrogens (primary N) is 1. The Kier molecular flexibility index (Phi) is 4.57. The molecular formula is C17H19ClN4O2. The number of carbonyl (C=O) groups excluding carboxylic acids is 2. The van der Waals surface area contributed by atoms with Gasteiger partial charge in [0.15, 0.2) is 5.69 Å². The summed E-state index contributed by atoms with van der Waals surface area (Å²) in [6.45, 7) is 2.32. The molecule has 3 rings (SSSR count). The molecule has 126 valence electrons. The summed E-state index contributed by atoms with van der Waals surface area (Å²) in [4.78, 5) is 25.9. The van der Waals surface area contributed by atoms with Crippen molar-refractivity contribution in [1.82, 2.24) is 14.7 Å². The quantitative estimate of drug-likeness (QED) is 0.925. The Balaban J connectivity index is 1.81. The predicted octanol–water partition coefficient (Wildman–Crippen LogP) is 2.25. The molecule has 24 heavy (non-hydrogen) atoms. The molecule has 0 saturated carbocycles. The van der Waals surface area contributed by atoms with Crippen molar-refractivity contribution in [3.8, 4) is 5.69 Å². The number of rotatable bonds is 3. The molecule has 6 nitrogen and oxygen atoms in total. The van der Waals surface area contributed by atoms with Gasteiger partial charge in [0.25, 0.3) is 5.91 Å². The van der Waals surface area contributed by atoms with E-state index in [-0.39, 0.29) is 23.8 Å². The Morgan fingerprint density at radius 3 is 2.79 bits per heavy atom. The SMILES string of the molecule is C[C@@H]1CC[C@H](C(N)=O)CN1C(=O)c1ccn(-c2cccc(Cl)c2)n1. The summed E-state index contributed by atoms with van der Waals surface area (Å²) in [5.41, 5.74) is 6.52. The van der Waals surface area contributed by atoms with Gasteiger partial charge < -0.3 is 10.6 Å². The van der Waals surface area contributed by atoms with E-state index >= 15 is 0 Å². The number of piperidine rings is 1. The summed E-state index contributed by atoms with van der Waals surface area (Å²) in [7, 11) is 0. The van der Waals surface area contributed by atoms with Crippen molar-refractivity contribution in [2.45, 2.75) is 25.8 Å². The minimum Gasteiger partial charge on any atom is -0.369 e. The maximum Gasteiger partial charge on any atom is 0.274 e. The highest BCUT2D eigenvalue weighted by atomic mass is 35.5. The van der Waals surface area contributed by atoms with E-state index in [1.807, 2.05) is 19.1 Å². The molecule has 0 bridgehead atoms. The zero-order chi connectivity index (χ0) is 17.3. The van der Waals surface area contributed by atoms with Gasteiger partial charge in [-0.15, -0.1) is 0 Å². The van der Waals surface area contributed by atoms with Gasteiger partial charge in [-0.05, 0) is 44.0 Å². The molecule has 1 aromatic heterocycles. The lowest BCUT2D eigenvalue weighted by Crippen LogP contribution is -2.48. The van der Waals surface area contributed by atoms with Gasteiger partial charge in [-0.1, -0.05) is 17.7 Å². The van der Waals surface area contributed by atoms with E-state index in [1.165, 1.54) is 0 Å². The first-order valence-corrected chi connectivity index (χ1v) is 8.25. The Hall–Kier alpha value is -2.34. The van der Waals surface area contributed by atoms with Crippen LogP contribution in [-0.2, 0) is 4.79 Å². The van der Waals surface area contributed by atoms with Gasteiger partial charge >= 0.3 is 0 Å². The van der Waals surface area contributed by atoms with Crippen molar-refractivity contribution >= 4 is 23.4 Å². The Bertz CT molecular complexity index is 773. The van der Waals surface area contributed by atoms with Crippen molar-refractivity contribution in [3.63, 3.8) is 0 Å². The second-order valence-electron chi connectivity index (χ2n) is 6.11. The third kappa shape index (κ3) is 3.28. The average molecular weight is 347 g/mol. The molecule has 2 amide bonds. The van der Waals surface area contributed by atoms with Crippen LogP contribution >= 0.6 is 11.6 Å². The Morgan fingerprint density at radius 1 is 1.29 bits per heavy atom. The lowest BCUT2D eigenvalue weighted by Gasteiger charge is -2.36. The predicted molar refractivity (Wildman–Crippen MR) is 91.0 cm³/mol. The largest absolute Gasteiger partial charge is 0.369 e. The van der Waals surface area contributed by atoms with E-state index < -0.39 is 0 Å². The van der Waals surface area contributed by atoms with E-state index in [9.17, 15) is 9.59 Å². The standard InChI is InChI=1S/C17H19ClN4O2/c1-11-5-6-12(16(19)23)10-21(11)17(24)15-7-8-22(20-15)14-4-2-3-13(18)9-14/h2-4,7-9,11-12H,5-6,10H2,1H3,(H2,19,23)/t11-,12+/m1/s1. The topological polar surface area (TPSA) is 81.2 Å². The molecule has 0 radical (unpaired) electrons. The number of hydrogen-bond donors (Lipinski definition) is 1. The molecule has 1 aliphatic rings. The smallest absolute Gasteiger partial charge is 0.274 e. The van der Waals surface area contributed by atoms with Gasteiger partial charge in [0.05, 0.1) is 11.6 Å². The zero-order valence-electron chi connectivity index (χ0n) is 13.4. The number of hydrogen-bond acceptors (Lipinski definition) is 3. The summed E-state index contributed by atoms with van der Waals surface area (Å²) in [6.07, 6.45) is 3.20. The first-order valence-electron chi connectivity index (χ1n) is 7.87. The molecule has 2 aromatic rings. The van der Waals surface area contributed by atoms with Crippen LogP contribution in [0.1, 0.15) is 30.3 Å². The number of amides is 2. The average Bonchev–Trinajstić information content (AvgIpc) is 3.04. The van der Waals surface area contributed by atoms with Crippen LogP contribution in [0.4, 0.5) is 0 Å². The van der Waals surface area contributed by atoms with Crippen molar-refractivity contribution in [2.24, 2.45) is 11.7 Å². The third-order valence-corrected chi connectivity index (χ3v) is 4.66. The summed E-state index contributed by atoms with van der Waals surface area (Å²) in [5, 5.41) is 4.95. The maximum atomic E-state index is 12.8. The van der Waals surface area contributed by atoms with Gasteiger partial charge in [-0.2, -0.15) is 5.10 Å². The fourth-order valence-corrected chi connectivity index (χ4v) is 3.15. The lowest BCUT2D eigenvalue weighted by molar-refractivity contribution is -0.123. The molecule has 0 spiro atoms. The van der Waals surface area contributed by atoms with Gasteiger partial charge in [0.2, 0.25) is 5.91 Å². The first-order chi connectivity index (χ1) is 11.5. The minimum atomic E-state index is -0.357. The molecule has 2 N–H and O–H groups in total. The lowest BCUT2D eigenvalue weighted by atomic mass is 9.92. The first kappa shape index (κ1) is 16.5. The van der Waals surface area contributed by atoms with Crippen LogP contribution in [0.2, 0.25) is 5.02 Å². The highest BCUT2D eigenvalue weighted by molar-refractivity contribution is 6.30. The number of primary amides is 1. The molecule has 1 aromatic carbocycles. The number of carbonyl (C=O) groups is 2. The van der Waals surface area contributed by atoms with Crippen molar-refractivity contribution in [3.05, 3.63) is 47.2 Å². The van der Waals surface area contributed by atoms with Crippen LogP contribution in [0.15, 0.2) is 36.5 Å². The van der Waals surface area contributed by atoms with E-state index in [2.05, 4.69) is 5.10 Å². The van der Waals surface area contributed by atoms with Crippen LogP contribution < -0.4 is 5.73 Å². The van der Waals surface area contributed by atoms with E-state index in [0.29, 0.717) is 17.3 Å². The summed E-state index contributed by atoms with van der Waals surface area (Å²) in [6, 6.07) is 8.97. The van der Waals surface area contributed by atoms with E-state index in [1.54, 1.807) is 34.0 Å². The van der Waals surface area contributed by atoms with E-state index in [4.69, 9.17) is 17.3 Å². The molecule has 0 aliphatic carbocycles. The normalized spacial score (nSPS) is 20.8. The number of aromatic nitrogens is 2. The van der Waals surface area contributed by atoms with Gasteiger partial charge in [-0.25, -0.2) is 4.68 Å². The molecule has 1 fully saturated rings. The van der Waals surface area contributed by atoms with Crippen molar-refractivity contribution < 1.29 is 9.59 Å². The summed E-state index contributed by atoms with van der Waals surface area (Å²) in [5.74, 6) is -0.835. The Morgan fingerprint density at radius 2 is 2.08 bits per heavy atom. The molecule has 2 atom stereocenters. The number of nitrogens with zero attached hydrogens (tertiary/aromatic N) is 3. The zero-order valence-corrected chi connectivity index (χ0v) is 14.1. The van der Waals surface area contributed by atoms with Gasteiger partial charge in [0.1, 0.15) is 0 Å². The fraction of sp³-hybridized carbons (Fsp3) is 0.353. The van der Waals surface area contributed by atoms with Crippen LogP contribution in [0, 0.1) is 5.92 Å². The molecule has 7 heteroatoms. The van der Waals surface area contributed by atoms with Crippen molar-refractivity contribution in [2.75, 3.05) is 6.54 Å².